The molecule has 1 saturated carbocycles. The van der Waals surface area contributed by atoms with Gasteiger partial charge in [-0.25, -0.2) is 9.97 Å². The Kier molecular flexibility index (Phi) is 5.62. The molecule has 6 rings (SSSR count). The number of methoxy groups -OCH3 is 1. The quantitative estimate of drug-likeness (QED) is 0.441. The zero-order valence-electron chi connectivity index (χ0n) is 19.9. The van der Waals surface area contributed by atoms with E-state index in [0.29, 0.717) is 17.8 Å². The smallest absolute Gasteiger partial charge is 0.257 e. The summed E-state index contributed by atoms with van der Waals surface area (Å²) in [6.07, 6.45) is 9.49. The second-order valence-electron chi connectivity index (χ2n) is 9.20. The van der Waals surface area contributed by atoms with Gasteiger partial charge in [-0.15, -0.1) is 0 Å². The molecule has 3 atom stereocenters. The Morgan fingerprint density at radius 3 is 2.91 bits per heavy atom. The summed E-state index contributed by atoms with van der Waals surface area (Å²) in [7, 11) is 3.51. The van der Waals surface area contributed by atoms with Crippen molar-refractivity contribution < 1.29 is 14.3 Å². The molecule has 1 saturated heterocycles. The summed E-state index contributed by atoms with van der Waals surface area (Å²) in [4.78, 5) is 22.8. The zero-order chi connectivity index (χ0) is 23.9. The van der Waals surface area contributed by atoms with E-state index >= 15 is 0 Å². The average molecular weight is 476 g/mol. The lowest BCUT2D eigenvalue weighted by Gasteiger charge is -2.35. The summed E-state index contributed by atoms with van der Waals surface area (Å²) in [5.74, 6) is 0.551. The maximum atomic E-state index is 13.1. The number of aromatic nitrogens is 5. The number of carbonyl (C=O) groups excluding carboxylic acids is 1. The topological polar surface area (TPSA) is 108 Å². The van der Waals surface area contributed by atoms with Crippen molar-refractivity contribution in [2.75, 3.05) is 32.7 Å². The standard InChI is InChI=1S/C25H29N7O3/c1-26-22-11-20(18-13-31(15-5-4-10-35-14-15)23-16(18)6-3-9-27-23)29-24-17(12-28-32(22)24)25(33)30-19-7-8-21(19)34-2/h3,6,9,11-13,15,19,21,26H,4-5,7-8,10,14H2,1-2H3,(H,30,33)/t15-,19?,21-/m1/s1. The maximum Gasteiger partial charge on any atom is 0.257 e. The summed E-state index contributed by atoms with van der Waals surface area (Å²) in [5, 5.41) is 11.7. The van der Waals surface area contributed by atoms with Gasteiger partial charge in [-0.3, -0.25) is 4.79 Å². The minimum absolute atomic E-state index is 0.0103. The van der Waals surface area contributed by atoms with Gasteiger partial charge in [-0.2, -0.15) is 9.61 Å². The molecule has 2 fully saturated rings. The highest BCUT2D eigenvalue weighted by atomic mass is 16.5. The van der Waals surface area contributed by atoms with Crippen LogP contribution in [0, 0.1) is 0 Å². The average Bonchev–Trinajstić information content (AvgIpc) is 3.49. The van der Waals surface area contributed by atoms with Gasteiger partial charge in [-0.05, 0) is 37.8 Å². The third-order valence-corrected chi connectivity index (χ3v) is 7.20. The van der Waals surface area contributed by atoms with Crippen molar-refractivity contribution in [3.63, 3.8) is 0 Å². The predicted octanol–water partition coefficient (Wildman–Crippen LogP) is 3.05. The van der Waals surface area contributed by atoms with Crippen molar-refractivity contribution in [3.05, 3.63) is 42.4 Å². The van der Waals surface area contributed by atoms with Gasteiger partial charge >= 0.3 is 0 Å². The fourth-order valence-corrected chi connectivity index (χ4v) is 5.11. The van der Waals surface area contributed by atoms with Gasteiger partial charge in [-0.1, -0.05) is 0 Å². The molecule has 4 aromatic heterocycles. The lowest BCUT2D eigenvalue weighted by molar-refractivity contribution is 0.00732. The van der Waals surface area contributed by atoms with Crippen LogP contribution in [0.3, 0.4) is 0 Å². The molecule has 0 radical (unpaired) electrons. The monoisotopic (exact) mass is 475 g/mol. The normalized spacial score (nSPS) is 22.3. The van der Waals surface area contributed by atoms with Gasteiger partial charge in [0.05, 0.1) is 36.7 Å². The molecule has 5 heterocycles. The first-order valence-corrected chi connectivity index (χ1v) is 12.1. The Labute approximate surface area is 202 Å². The molecule has 4 aromatic rings. The van der Waals surface area contributed by atoms with E-state index in [1.54, 1.807) is 17.8 Å². The number of hydrogen-bond acceptors (Lipinski definition) is 7. The van der Waals surface area contributed by atoms with E-state index in [0.717, 1.165) is 60.4 Å². The zero-order valence-corrected chi connectivity index (χ0v) is 19.9. The summed E-state index contributed by atoms with van der Waals surface area (Å²) in [6.45, 7) is 1.47. The first kappa shape index (κ1) is 22.0. The van der Waals surface area contributed by atoms with E-state index in [4.69, 9.17) is 14.5 Å². The first-order valence-electron chi connectivity index (χ1n) is 12.1. The SMILES string of the molecule is CNc1cc(-c2cn([C@@H]3CCCOC3)c3ncccc23)nc2c(C(=O)NC3CC[C@H]3OC)cnn12. The van der Waals surface area contributed by atoms with E-state index in [1.165, 1.54) is 0 Å². The fraction of sp³-hybridized carbons (Fsp3) is 0.440. The molecule has 10 nitrogen and oxygen atoms in total. The van der Waals surface area contributed by atoms with Crippen LogP contribution in [0.2, 0.25) is 0 Å². The van der Waals surface area contributed by atoms with Crippen LogP contribution in [0.15, 0.2) is 36.8 Å². The number of anilines is 1. The lowest BCUT2D eigenvalue weighted by Crippen LogP contribution is -2.51. The highest BCUT2D eigenvalue weighted by Gasteiger charge is 2.33. The number of carbonyl (C=O) groups is 1. The summed E-state index contributed by atoms with van der Waals surface area (Å²) in [6, 6.07) is 6.20. The van der Waals surface area contributed by atoms with Gasteiger partial charge < -0.3 is 24.7 Å². The van der Waals surface area contributed by atoms with Gasteiger partial charge in [0.15, 0.2) is 5.65 Å². The van der Waals surface area contributed by atoms with Crippen molar-refractivity contribution >= 4 is 28.4 Å². The highest BCUT2D eigenvalue weighted by Crippen LogP contribution is 2.34. The largest absolute Gasteiger partial charge is 0.379 e. The Balaban J connectivity index is 1.44. The maximum absolute atomic E-state index is 13.1. The second kappa shape index (κ2) is 8.94. The van der Waals surface area contributed by atoms with E-state index in [9.17, 15) is 4.79 Å². The summed E-state index contributed by atoms with van der Waals surface area (Å²) in [5.41, 5.74) is 3.57. The molecule has 35 heavy (non-hydrogen) atoms. The molecule has 1 unspecified atom stereocenters. The summed E-state index contributed by atoms with van der Waals surface area (Å²) >= 11 is 0. The van der Waals surface area contributed by atoms with Crippen LogP contribution in [0.1, 0.15) is 42.1 Å². The van der Waals surface area contributed by atoms with E-state index in [1.807, 2.05) is 25.4 Å². The summed E-state index contributed by atoms with van der Waals surface area (Å²) < 4.78 is 15.1. The van der Waals surface area contributed by atoms with Crippen LogP contribution in [0.25, 0.3) is 27.9 Å². The molecule has 0 aromatic carbocycles. The molecule has 0 bridgehead atoms. The van der Waals surface area contributed by atoms with Crippen LogP contribution >= 0.6 is 0 Å². The number of nitrogens with zero attached hydrogens (tertiary/aromatic N) is 5. The Morgan fingerprint density at radius 1 is 1.26 bits per heavy atom. The molecular weight excluding hydrogens is 446 g/mol. The first-order chi connectivity index (χ1) is 17.2. The van der Waals surface area contributed by atoms with Crippen LogP contribution in [-0.2, 0) is 9.47 Å². The van der Waals surface area contributed by atoms with Gasteiger partial charge in [0.2, 0.25) is 0 Å². The molecular formula is C25H29N7O3. The van der Waals surface area contributed by atoms with Crippen LogP contribution in [-0.4, -0.2) is 69.6 Å². The number of nitrogens with one attached hydrogen (secondary N) is 2. The van der Waals surface area contributed by atoms with Gasteiger partial charge in [0, 0.05) is 50.2 Å². The molecule has 2 N–H and O–H groups in total. The molecule has 0 spiro atoms. The van der Waals surface area contributed by atoms with Crippen molar-refractivity contribution in [3.8, 4) is 11.3 Å². The van der Waals surface area contributed by atoms with Crippen molar-refractivity contribution in [1.82, 2.24) is 29.5 Å². The molecule has 1 amide bonds. The molecule has 182 valence electrons. The highest BCUT2D eigenvalue weighted by molar-refractivity contribution is 6.01. The molecule has 1 aliphatic heterocycles. The van der Waals surface area contributed by atoms with Crippen LogP contribution in [0.4, 0.5) is 5.82 Å². The van der Waals surface area contributed by atoms with Crippen molar-refractivity contribution in [2.45, 2.75) is 43.9 Å². The van der Waals surface area contributed by atoms with E-state index < -0.39 is 0 Å². The Bertz CT molecular complexity index is 1390. The predicted molar refractivity (Wildman–Crippen MR) is 132 cm³/mol. The van der Waals surface area contributed by atoms with Crippen molar-refractivity contribution in [1.29, 1.82) is 0 Å². The lowest BCUT2D eigenvalue weighted by atomic mass is 9.89. The molecule has 1 aliphatic carbocycles. The molecule has 2 aliphatic rings. The Morgan fingerprint density at radius 2 is 2.17 bits per heavy atom. The van der Waals surface area contributed by atoms with E-state index in [2.05, 4.69) is 37.5 Å². The number of ether oxygens (including phenoxy) is 2. The fourth-order valence-electron chi connectivity index (χ4n) is 5.11. The van der Waals surface area contributed by atoms with Crippen molar-refractivity contribution in [2.24, 2.45) is 0 Å². The second-order valence-corrected chi connectivity index (χ2v) is 9.20. The van der Waals surface area contributed by atoms with Gasteiger partial charge in [0.1, 0.15) is 17.0 Å². The van der Waals surface area contributed by atoms with Crippen LogP contribution < -0.4 is 10.6 Å². The number of amides is 1. The third kappa shape index (κ3) is 3.73. The number of rotatable bonds is 6. The minimum Gasteiger partial charge on any atom is -0.379 e. The minimum atomic E-state index is -0.193. The van der Waals surface area contributed by atoms with E-state index in [-0.39, 0.29) is 24.1 Å². The Hall–Kier alpha value is -3.50. The number of fused-ring (bicyclic) bond motifs is 2. The third-order valence-electron chi connectivity index (χ3n) is 7.20. The number of hydrogen-bond donors (Lipinski definition) is 2. The van der Waals surface area contributed by atoms with Gasteiger partial charge in [0.25, 0.3) is 5.91 Å². The number of pyridine rings is 1. The molecule has 10 heteroatoms. The van der Waals surface area contributed by atoms with Crippen LogP contribution in [0.5, 0.6) is 0 Å².